The molecule has 0 bridgehead atoms. The number of likely N-dealkylation sites (tertiary alicyclic amines) is 2. The number of aromatic amines is 2. The van der Waals surface area contributed by atoms with Gasteiger partial charge in [-0.3, -0.25) is 9.59 Å². The zero-order valence-corrected chi connectivity index (χ0v) is 36.8. The van der Waals surface area contributed by atoms with Crippen molar-refractivity contribution in [2.45, 2.75) is 76.9 Å². The minimum atomic E-state index is -0.816. The molecule has 0 saturated carbocycles. The van der Waals surface area contributed by atoms with Crippen LogP contribution < -0.4 is 21.3 Å². The molecule has 4 atom stereocenters. The van der Waals surface area contributed by atoms with Gasteiger partial charge in [0.25, 0.3) is 0 Å². The van der Waals surface area contributed by atoms with Crippen LogP contribution in [0, 0.1) is 0 Å². The maximum atomic E-state index is 14.0. The zero-order chi connectivity index (χ0) is 45.1. The van der Waals surface area contributed by atoms with E-state index in [0.717, 1.165) is 82.1 Å². The van der Waals surface area contributed by atoms with Crippen molar-refractivity contribution >= 4 is 23.9 Å². The fourth-order valence-electron chi connectivity index (χ4n) is 8.66. The minimum Gasteiger partial charge on any atom is -0.372 e. The quantitative estimate of drug-likeness (QED) is 0.0576. The summed E-state index contributed by atoms with van der Waals surface area (Å²) >= 11 is 0. The van der Waals surface area contributed by atoms with Gasteiger partial charge in [-0.2, -0.15) is 0 Å². The molecule has 336 valence electrons. The number of ether oxygens (including phenoxy) is 1. The first kappa shape index (κ1) is 44.4. The highest BCUT2D eigenvalue weighted by Gasteiger charge is 2.38. The number of imidazole rings is 2. The molecular formula is C50H56N10O5. The molecule has 6 amide bonds. The first-order valence-electron chi connectivity index (χ1n) is 22.5. The Balaban J connectivity index is 0.843. The molecule has 15 nitrogen and oxygen atoms in total. The summed E-state index contributed by atoms with van der Waals surface area (Å²) in [6.45, 7) is 6.61. The van der Waals surface area contributed by atoms with Gasteiger partial charge in [0.1, 0.15) is 23.7 Å². The van der Waals surface area contributed by atoms with E-state index in [1.807, 2.05) is 139 Å². The monoisotopic (exact) mass is 876 g/mol. The minimum absolute atomic E-state index is 0.166. The zero-order valence-electron chi connectivity index (χ0n) is 36.8. The molecule has 0 radical (unpaired) electrons. The molecule has 2 aliphatic heterocycles. The Hall–Kier alpha value is -7.26. The van der Waals surface area contributed by atoms with Crippen LogP contribution in [-0.4, -0.2) is 79.8 Å². The predicted molar refractivity (Wildman–Crippen MR) is 247 cm³/mol. The summed E-state index contributed by atoms with van der Waals surface area (Å²) in [5.41, 5.74) is 7.06. The normalized spacial score (nSPS) is 16.8. The summed E-state index contributed by atoms with van der Waals surface area (Å²) in [7, 11) is 0. The average Bonchev–Trinajstić information content (AvgIpc) is 4.19. The molecule has 15 heteroatoms. The van der Waals surface area contributed by atoms with Crippen molar-refractivity contribution in [3.63, 3.8) is 0 Å². The number of urea groups is 2. The SMILES string of the molecule is CCNC(=O)N[C@@H](C(=O)N1CCC[C@H]1c1nc(-c2ccc(COCc3ccc(-c4cnc([C@@H]5CCCN5C(=O)[C@H](NC(=O)NCC)c5ccccc5)[nH]4)cc3)cc2)c[nH]1)c1ccccc1. The second-order valence-electron chi connectivity index (χ2n) is 16.3. The van der Waals surface area contributed by atoms with Gasteiger partial charge in [0.2, 0.25) is 11.8 Å². The highest BCUT2D eigenvalue weighted by Crippen LogP contribution is 2.36. The third-order valence-electron chi connectivity index (χ3n) is 11.9. The van der Waals surface area contributed by atoms with E-state index in [-0.39, 0.29) is 36.0 Å². The predicted octanol–water partition coefficient (Wildman–Crippen LogP) is 7.63. The number of carbonyl (C=O) groups excluding carboxylic acids is 4. The van der Waals surface area contributed by atoms with Crippen LogP contribution in [0.5, 0.6) is 0 Å². The van der Waals surface area contributed by atoms with Gasteiger partial charge >= 0.3 is 12.1 Å². The molecule has 6 N–H and O–H groups in total. The second-order valence-corrected chi connectivity index (χ2v) is 16.3. The number of amides is 6. The molecule has 8 rings (SSSR count). The Morgan fingerprint density at radius 1 is 0.662 bits per heavy atom. The van der Waals surface area contributed by atoms with E-state index in [2.05, 4.69) is 31.2 Å². The lowest BCUT2D eigenvalue weighted by molar-refractivity contribution is -0.135. The first-order chi connectivity index (χ1) is 31.8. The van der Waals surface area contributed by atoms with Crippen molar-refractivity contribution in [2.75, 3.05) is 26.2 Å². The van der Waals surface area contributed by atoms with Crippen LogP contribution in [0.1, 0.15) is 97.6 Å². The molecule has 65 heavy (non-hydrogen) atoms. The van der Waals surface area contributed by atoms with Crippen LogP contribution in [0.2, 0.25) is 0 Å². The number of carbonyl (C=O) groups is 4. The van der Waals surface area contributed by atoms with Gasteiger partial charge in [-0.25, -0.2) is 19.6 Å². The third kappa shape index (κ3) is 10.6. The summed E-state index contributed by atoms with van der Waals surface area (Å²) in [5.74, 6) is 1.10. The third-order valence-corrected chi connectivity index (χ3v) is 11.9. The van der Waals surface area contributed by atoms with E-state index < -0.39 is 12.1 Å². The molecule has 2 aromatic heterocycles. The van der Waals surface area contributed by atoms with Crippen LogP contribution in [0.25, 0.3) is 22.5 Å². The molecule has 2 fully saturated rings. The number of hydrogen-bond acceptors (Lipinski definition) is 7. The lowest BCUT2D eigenvalue weighted by atomic mass is 10.0. The number of hydrogen-bond donors (Lipinski definition) is 6. The summed E-state index contributed by atoms with van der Waals surface area (Å²) < 4.78 is 6.11. The van der Waals surface area contributed by atoms with Crippen molar-refractivity contribution < 1.29 is 23.9 Å². The van der Waals surface area contributed by atoms with E-state index in [0.29, 0.717) is 39.4 Å². The van der Waals surface area contributed by atoms with Crippen molar-refractivity contribution in [1.82, 2.24) is 51.0 Å². The van der Waals surface area contributed by atoms with Gasteiger partial charge in [0, 0.05) is 37.9 Å². The molecule has 0 unspecified atom stereocenters. The van der Waals surface area contributed by atoms with E-state index in [1.165, 1.54) is 0 Å². The number of aromatic nitrogens is 4. The van der Waals surface area contributed by atoms with Crippen molar-refractivity contribution in [2.24, 2.45) is 0 Å². The summed E-state index contributed by atoms with van der Waals surface area (Å²) in [6.07, 6.45) is 6.89. The Bertz CT molecular complexity index is 2350. The average molecular weight is 877 g/mol. The highest BCUT2D eigenvalue weighted by atomic mass is 16.5. The van der Waals surface area contributed by atoms with Crippen molar-refractivity contribution in [1.29, 1.82) is 0 Å². The Morgan fingerprint density at radius 2 is 1.15 bits per heavy atom. The maximum absolute atomic E-state index is 14.0. The van der Waals surface area contributed by atoms with Crippen LogP contribution >= 0.6 is 0 Å². The lowest BCUT2D eigenvalue weighted by Crippen LogP contribution is -2.46. The van der Waals surface area contributed by atoms with E-state index in [1.54, 1.807) is 6.20 Å². The van der Waals surface area contributed by atoms with Gasteiger partial charge in [0.05, 0.1) is 42.9 Å². The van der Waals surface area contributed by atoms with E-state index >= 15 is 0 Å². The molecule has 0 aliphatic carbocycles. The summed E-state index contributed by atoms with van der Waals surface area (Å²) in [4.78, 5) is 73.1. The number of nitrogens with zero attached hydrogens (tertiary/aromatic N) is 4. The van der Waals surface area contributed by atoms with Crippen LogP contribution in [-0.2, 0) is 27.5 Å². The van der Waals surface area contributed by atoms with Crippen LogP contribution in [0.3, 0.4) is 0 Å². The summed E-state index contributed by atoms with van der Waals surface area (Å²) in [6, 6.07) is 32.0. The second kappa shape index (κ2) is 20.9. The fraction of sp³-hybridized carbons (Fsp3) is 0.320. The summed E-state index contributed by atoms with van der Waals surface area (Å²) in [5, 5.41) is 11.2. The first-order valence-corrected chi connectivity index (χ1v) is 22.5. The Kier molecular flexibility index (Phi) is 14.3. The maximum Gasteiger partial charge on any atom is 0.315 e. The topological polar surface area (TPSA) is 189 Å². The van der Waals surface area contributed by atoms with Gasteiger partial charge < -0.3 is 45.8 Å². The molecule has 2 aliphatic rings. The lowest BCUT2D eigenvalue weighted by Gasteiger charge is -2.28. The van der Waals surface area contributed by atoms with Crippen molar-refractivity contribution in [3.8, 4) is 22.5 Å². The van der Waals surface area contributed by atoms with Gasteiger partial charge in [-0.05, 0) is 67.3 Å². The van der Waals surface area contributed by atoms with E-state index in [4.69, 9.17) is 14.7 Å². The fourth-order valence-corrected chi connectivity index (χ4v) is 8.66. The Labute approximate surface area is 378 Å². The highest BCUT2D eigenvalue weighted by molar-refractivity contribution is 5.89. The molecule has 4 heterocycles. The number of nitrogens with one attached hydrogen (secondary N) is 6. The molecule has 2 saturated heterocycles. The number of rotatable bonds is 16. The smallest absolute Gasteiger partial charge is 0.315 e. The van der Waals surface area contributed by atoms with E-state index in [9.17, 15) is 19.2 Å². The van der Waals surface area contributed by atoms with Gasteiger partial charge in [-0.15, -0.1) is 0 Å². The molecular weight excluding hydrogens is 821 g/mol. The number of benzene rings is 4. The Morgan fingerprint density at radius 3 is 1.66 bits per heavy atom. The van der Waals surface area contributed by atoms with Gasteiger partial charge in [-0.1, -0.05) is 109 Å². The van der Waals surface area contributed by atoms with Crippen LogP contribution in [0.15, 0.2) is 122 Å². The van der Waals surface area contributed by atoms with Crippen LogP contribution in [0.4, 0.5) is 9.59 Å². The molecule has 0 spiro atoms. The molecule has 6 aromatic rings. The van der Waals surface area contributed by atoms with Gasteiger partial charge in [0.15, 0.2) is 0 Å². The molecule has 4 aromatic carbocycles. The number of H-pyrrole nitrogens is 2. The standard InChI is InChI=1S/C50H56N10O5/c1-3-51-49(63)57-43(37-13-7-5-8-14-37)47(61)59-27-11-17-41(59)45-53-29-39(55-45)35-23-19-33(20-24-35)31-65-32-34-21-25-36(26-22-34)40-30-54-46(56-40)42-18-12-28-60(42)48(62)44(58-50(64)52-4-2)38-15-9-6-10-16-38/h5-10,13-16,19-26,29-30,41-44H,3-4,11-12,17-18,27-28,31-32H2,1-2H3,(H,53,55)(H,54,56)(H2,51,57,63)(H2,52,58,64)/t41-,42-,43+,44+/m0/s1. The largest absolute Gasteiger partial charge is 0.372 e. The van der Waals surface area contributed by atoms with Crippen molar-refractivity contribution in [3.05, 3.63) is 155 Å².